The number of ketones is 1. The summed E-state index contributed by atoms with van der Waals surface area (Å²) in [5.41, 5.74) is 1.35. The number of pyridine rings is 1. The summed E-state index contributed by atoms with van der Waals surface area (Å²) in [6.07, 6.45) is 2.89. The number of Topliss-reactive ketones (excluding diaryl/α,β-unsaturated/α-hetero) is 1. The number of hydrogen-bond donors (Lipinski definition) is 0. The third-order valence-electron chi connectivity index (χ3n) is 6.01. The zero-order valence-corrected chi connectivity index (χ0v) is 16.8. The molecule has 1 fully saturated rings. The van der Waals surface area contributed by atoms with Crippen molar-refractivity contribution in [2.75, 3.05) is 0 Å². The number of alkyl halides is 2. The highest BCUT2D eigenvalue weighted by Crippen LogP contribution is 2.40. The van der Waals surface area contributed by atoms with E-state index in [1.807, 2.05) is 6.07 Å². The van der Waals surface area contributed by atoms with Gasteiger partial charge in [0.1, 0.15) is 5.69 Å². The van der Waals surface area contributed by atoms with Crippen molar-refractivity contribution in [3.05, 3.63) is 64.4 Å². The van der Waals surface area contributed by atoms with Crippen LogP contribution in [0.4, 0.5) is 8.78 Å². The summed E-state index contributed by atoms with van der Waals surface area (Å²) in [6.45, 7) is 2.14. The van der Waals surface area contributed by atoms with Crippen molar-refractivity contribution >= 4 is 17.4 Å². The van der Waals surface area contributed by atoms with Gasteiger partial charge in [-0.1, -0.05) is 31.0 Å². The molecule has 3 rings (SSSR count). The van der Waals surface area contributed by atoms with Crippen LogP contribution in [0.15, 0.2) is 42.5 Å². The van der Waals surface area contributed by atoms with Gasteiger partial charge in [-0.05, 0) is 73.9 Å². The van der Waals surface area contributed by atoms with Crippen LogP contribution >= 0.6 is 11.6 Å². The third kappa shape index (κ3) is 5.16. The molecule has 5 heteroatoms. The average Bonchev–Trinajstić information content (AvgIpc) is 2.72. The van der Waals surface area contributed by atoms with Crippen LogP contribution in [0.2, 0.25) is 5.02 Å². The van der Waals surface area contributed by atoms with Crippen molar-refractivity contribution in [3.63, 3.8) is 0 Å². The quantitative estimate of drug-likeness (QED) is 0.454. The predicted molar refractivity (Wildman–Crippen MR) is 108 cm³/mol. The molecule has 0 amide bonds. The number of rotatable bonds is 7. The molecule has 1 aromatic heterocycles. The van der Waals surface area contributed by atoms with Gasteiger partial charge in [-0.15, -0.1) is 0 Å². The molecule has 28 heavy (non-hydrogen) atoms. The van der Waals surface area contributed by atoms with Crippen molar-refractivity contribution < 1.29 is 13.6 Å². The van der Waals surface area contributed by atoms with Crippen LogP contribution in [0.3, 0.4) is 0 Å². The molecule has 1 aliphatic carbocycles. The van der Waals surface area contributed by atoms with Gasteiger partial charge >= 0.3 is 0 Å². The number of benzene rings is 1. The van der Waals surface area contributed by atoms with Gasteiger partial charge in [-0.3, -0.25) is 9.78 Å². The molecular formula is C23H26ClF2NO. The first-order valence-electron chi connectivity index (χ1n) is 10.0. The summed E-state index contributed by atoms with van der Waals surface area (Å²) in [6, 6.07) is 12.0. The van der Waals surface area contributed by atoms with Crippen LogP contribution in [0.5, 0.6) is 0 Å². The van der Waals surface area contributed by atoms with Crippen LogP contribution < -0.4 is 0 Å². The fraction of sp³-hybridized carbons (Fsp3) is 0.478. The first-order chi connectivity index (χ1) is 13.5. The monoisotopic (exact) mass is 405 g/mol. The van der Waals surface area contributed by atoms with Crippen LogP contribution in [-0.4, -0.2) is 10.8 Å². The zero-order valence-electron chi connectivity index (χ0n) is 16.1. The largest absolute Gasteiger partial charge is 0.294 e. The van der Waals surface area contributed by atoms with Crippen LogP contribution in [0.25, 0.3) is 0 Å². The van der Waals surface area contributed by atoms with Gasteiger partial charge < -0.3 is 0 Å². The molecule has 0 bridgehead atoms. The standard InChI is InChI=1S/C23H26ClF2NO/c1-2-15(14-22(28)18-10-12-19(24)13-11-18)16-6-8-17(9-7-16)20-4-3-5-21(27-20)23(25)26/h3-5,10-13,15-17,23H,2,6-9,14H2,1H3/t15-,16?,17?/m0/s1. The molecular weight excluding hydrogens is 380 g/mol. The molecule has 0 radical (unpaired) electrons. The molecule has 1 aromatic carbocycles. The van der Waals surface area contributed by atoms with E-state index >= 15 is 0 Å². The second-order valence-corrected chi connectivity index (χ2v) is 8.14. The molecule has 1 heterocycles. The van der Waals surface area contributed by atoms with E-state index in [4.69, 9.17) is 11.6 Å². The molecule has 0 spiro atoms. The van der Waals surface area contributed by atoms with Crippen molar-refractivity contribution in [2.24, 2.45) is 11.8 Å². The van der Waals surface area contributed by atoms with Gasteiger partial charge in [0.25, 0.3) is 6.43 Å². The van der Waals surface area contributed by atoms with Gasteiger partial charge in [0.15, 0.2) is 5.78 Å². The van der Waals surface area contributed by atoms with Gasteiger partial charge in [-0.2, -0.15) is 0 Å². The molecule has 0 aliphatic heterocycles. The first kappa shape index (κ1) is 20.9. The highest BCUT2D eigenvalue weighted by molar-refractivity contribution is 6.30. The Bertz CT molecular complexity index is 785. The lowest BCUT2D eigenvalue weighted by molar-refractivity contribution is 0.0925. The highest BCUT2D eigenvalue weighted by Gasteiger charge is 2.29. The summed E-state index contributed by atoms with van der Waals surface area (Å²) in [4.78, 5) is 16.8. The summed E-state index contributed by atoms with van der Waals surface area (Å²) < 4.78 is 25.8. The number of carbonyl (C=O) groups is 1. The summed E-state index contributed by atoms with van der Waals surface area (Å²) in [5.74, 6) is 1.25. The molecule has 1 aliphatic rings. The fourth-order valence-corrected chi connectivity index (χ4v) is 4.47. The molecule has 1 atom stereocenters. The Kier molecular flexibility index (Phi) is 7.17. The number of aromatic nitrogens is 1. The van der Waals surface area contributed by atoms with Crippen LogP contribution in [0, 0.1) is 11.8 Å². The molecule has 2 aromatic rings. The molecule has 0 N–H and O–H groups in total. The summed E-state index contributed by atoms with van der Waals surface area (Å²) >= 11 is 5.90. The highest BCUT2D eigenvalue weighted by atomic mass is 35.5. The van der Waals surface area contributed by atoms with Crippen molar-refractivity contribution in [3.8, 4) is 0 Å². The molecule has 150 valence electrons. The predicted octanol–water partition coefficient (Wildman–Crippen LogP) is 7.25. The Morgan fingerprint density at radius 1 is 1.11 bits per heavy atom. The lowest BCUT2D eigenvalue weighted by Crippen LogP contribution is -2.23. The van der Waals surface area contributed by atoms with E-state index in [0.29, 0.717) is 28.8 Å². The minimum absolute atomic E-state index is 0.139. The Morgan fingerprint density at radius 2 is 1.79 bits per heavy atom. The van der Waals surface area contributed by atoms with E-state index in [2.05, 4.69) is 11.9 Å². The van der Waals surface area contributed by atoms with Crippen molar-refractivity contribution in [2.45, 2.75) is 57.8 Å². The Morgan fingerprint density at radius 3 is 2.39 bits per heavy atom. The fourth-order valence-electron chi connectivity index (χ4n) is 4.34. The van der Waals surface area contributed by atoms with Gasteiger partial charge in [0.2, 0.25) is 0 Å². The van der Waals surface area contributed by atoms with Crippen molar-refractivity contribution in [1.82, 2.24) is 4.98 Å². The molecule has 0 unspecified atom stereocenters. The first-order valence-corrected chi connectivity index (χ1v) is 10.4. The maximum absolute atomic E-state index is 12.9. The van der Waals surface area contributed by atoms with Crippen LogP contribution in [-0.2, 0) is 0 Å². The van der Waals surface area contributed by atoms with E-state index in [0.717, 1.165) is 37.8 Å². The smallest absolute Gasteiger partial charge is 0.280 e. The molecule has 1 saturated carbocycles. The topological polar surface area (TPSA) is 30.0 Å². The lowest BCUT2D eigenvalue weighted by Gasteiger charge is -2.33. The molecule has 0 saturated heterocycles. The zero-order chi connectivity index (χ0) is 20.1. The SMILES string of the molecule is CC[C@@H](CC(=O)c1ccc(Cl)cc1)C1CCC(c2cccc(C(F)F)n2)CC1. The minimum atomic E-state index is -2.53. The summed E-state index contributed by atoms with van der Waals surface area (Å²) in [7, 11) is 0. The minimum Gasteiger partial charge on any atom is -0.294 e. The van der Waals surface area contributed by atoms with E-state index in [9.17, 15) is 13.6 Å². The summed E-state index contributed by atoms with van der Waals surface area (Å²) in [5, 5.41) is 0.631. The lowest BCUT2D eigenvalue weighted by atomic mass is 9.72. The Hall–Kier alpha value is -1.81. The average molecular weight is 406 g/mol. The number of carbonyl (C=O) groups excluding carboxylic acids is 1. The van der Waals surface area contributed by atoms with E-state index in [1.165, 1.54) is 6.07 Å². The van der Waals surface area contributed by atoms with E-state index in [-0.39, 0.29) is 17.4 Å². The molecule has 2 nitrogen and oxygen atoms in total. The Balaban J connectivity index is 1.58. The normalized spacial score (nSPS) is 20.9. The number of halogens is 3. The number of nitrogens with zero attached hydrogens (tertiary/aromatic N) is 1. The maximum Gasteiger partial charge on any atom is 0.280 e. The second-order valence-electron chi connectivity index (χ2n) is 7.70. The van der Waals surface area contributed by atoms with Crippen molar-refractivity contribution in [1.29, 1.82) is 0 Å². The van der Waals surface area contributed by atoms with Gasteiger partial charge in [-0.25, -0.2) is 8.78 Å². The van der Waals surface area contributed by atoms with E-state index in [1.54, 1.807) is 30.3 Å². The van der Waals surface area contributed by atoms with E-state index < -0.39 is 6.43 Å². The second kappa shape index (κ2) is 9.60. The third-order valence-corrected chi connectivity index (χ3v) is 6.26. The number of hydrogen-bond acceptors (Lipinski definition) is 2. The Labute approximate surface area is 170 Å². The van der Waals surface area contributed by atoms with Gasteiger partial charge in [0, 0.05) is 28.6 Å². The maximum atomic E-state index is 12.9. The van der Waals surface area contributed by atoms with Gasteiger partial charge in [0.05, 0.1) is 0 Å². The van der Waals surface area contributed by atoms with Crippen LogP contribution in [0.1, 0.15) is 79.5 Å².